The lowest BCUT2D eigenvalue weighted by atomic mass is 9.82. The molecule has 0 bridgehead atoms. The molecule has 8 nitrogen and oxygen atoms in total. The normalized spacial score (nSPS) is 17.4. The van der Waals surface area contributed by atoms with Gasteiger partial charge < -0.3 is 10.4 Å². The van der Waals surface area contributed by atoms with E-state index in [0.29, 0.717) is 25.9 Å². The zero-order valence-electron chi connectivity index (χ0n) is 11.8. The second kappa shape index (κ2) is 6.66. The maximum absolute atomic E-state index is 11.8. The summed E-state index contributed by atoms with van der Waals surface area (Å²) in [5.74, 6) is -0.193. The third-order valence-electron chi connectivity index (χ3n) is 3.77. The number of carbonyl (C=O) groups excluding carboxylic acids is 1. The molecule has 1 saturated carbocycles. The van der Waals surface area contributed by atoms with Crippen molar-refractivity contribution in [3.05, 3.63) is 22.5 Å². The minimum Gasteiger partial charge on any atom is -0.389 e. The van der Waals surface area contributed by atoms with Crippen molar-refractivity contribution in [3.63, 3.8) is 0 Å². The van der Waals surface area contributed by atoms with E-state index in [1.165, 1.54) is 17.1 Å². The Morgan fingerprint density at radius 3 is 2.81 bits per heavy atom. The van der Waals surface area contributed by atoms with Gasteiger partial charge in [0.15, 0.2) is 0 Å². The van der Waals surface area contributed by atoms with Gasteiger partial charge in [0.1, 0.15) is 12.4 Å². The average molecular weight is 296 g/mol. The van der Waals surface area contributed by atoms with E-state index in [2.05, 4.69) is 10.4 Å². The molecule has 1 amide bonds. The summed E-state index contributed by atoms with van der Waals surface area (Å²) in [5.41, 5.74) is -0.940. The molecule has 0 radical (unpaired) electrons. The number of nitrogens with zero attached hydrogens (tertiary/aromatic N) is 3. The monoisotopic (exact) mass is 296 g/mol. The summed E-state index contributed by atoms with van der Waals surface area (Å²) in [4.78, 5) is 21.8. The van der Waals surface area contributed by atoms with Crippen LogP contribution in [0.15, 0.2) is 12.4 Å². The van der Waals surface area contributed by atoms with Gasteiger partial charge in [0.05, 0.1) is 23.5 Å². The van der Waals surface area contributed by atoms with Crippen molar-refractivity contribution in [2.75, 3.05) is 6.54 Å². The Kier molecular flexibility index (Phi) is 4.89. The first kappa shape index (κ1) is 15.4. The molecule has 1 fully saturated rings. The SMILES string of the molecule is O=C(CC1(O)CCCCC1)NCCn1cc([N+](=O)[O-])cn1. The predicted molar refractivity (Wildman–Crippen MR) is 74.5 cm³/mol. The maximum atomic E-state index is 11.8. The molecule has 2 N–H and O–H groups in total. The Hall–Kier alpha value is -1.96. The minimum atomic E-state index is -0.868. The molecule has 1 aromatic heterocycles. The Bertz CT molecular complexity index is 508. The standard InChI is InChI=1S/C13H20N4O4/c18-12(8-13(19)4-2-1-3-5-13)14-6-7-16-10-11(9-15-16)17(20)21/h9-10,19H,1-8H2,(H,14,18). The number of aliphatic hydroxyl groups is 1. The molecule has 0 aliphatic heterocycles. The highest BCUT2D eigenvalue weighted by Gasteiger charge is 2.31. The molecule has 0 saturated heterocycles. The number of nitro groups is 1. The number of hydrogen-bond donors (Lipinski definition) is 2. The summed E-state index contributed by atoms with van der Waals surface area (Å²) in [6.45, 7) is 0.686. The largest absolute Gasteiger partial charge is 0.389 e. The van der Waals surface area contributed by atoms with Gasteiger partial charge in [-0.2, -0.15) is 5.10 Å². The van der Waals surface area contributed by atoms with Crippen molar-refractivity contribution in [1.82, 2.24) is 15.1 Å². The lowest BCUT2D eigenvalue weighted by molar-refractivity contribution is -0.385. The number of carbonyl (C=O) groups is 1. The molecule has 0 atom stereocenters. The molecule has 1 aliphatic carbocycles. The number of nitrogens with one attached hydrogen (secondary N) is 1. The quantitative estimate of drug-likeness (QED) is 0.601. The van der Waals surface area contributed by atoms with Crippen molar-refractivity contribution < 1.29 is 14.8 Å². The van der Waals surface area contributed by atoms with Crippen LogP contribution < -0.4 is 5.32 Å². The van der Waals surface area contributed by atoms with Gasteiger partial charge in [-0.25, -0.2) is 0 Å². The summed E-state index contributed by atoms with van der Waals surface area (Å²) in [5, 5.41) is 27.3. The molecular weight excluding hydrogens is 276 g/mol. The molecule has 1 heterocycles. The lowest BCUT2D eigenvalue weighted by Gasteiger charge is -2.31. The number of hydrogen-bond acceptors (Lipinski definition) is 5. The van der Waals surface area contributed by atoms with E-state index < -0.39 is 10.5 Å². The molecule has 1 aromatic rings. The second-order valence-corrected chi connectivity index (χ2v) is 5.53. The van der Waals surface area contributed by atoms with E-state index in [9.17, 15) is 20.0 Å². The van der Waals surface area contributed by atoms with Gasteiger partial charge in [0.25, 0.3) is 0 Å². The zero-order valence-corrected chi connectivity index (χ0v) is 11.8. The molecular formula is C13H20N4O4. The molecule has 0 spiro atoms. The van der Waals surface area contributed by atoms with Gasteiger partial charge in [-0.05, 0) is 12.8 Å². The lowest BCUT2D eigenvalue weighted by Crippen LogP contribution is -2.39. The third kappa shape index (κ3) is 4.52. The van der Waals surface area contributed by atoms with E-state index in [-0.39, 0.29) is 18.0 Å². The van der Waals surface area contributed by atoms with Gasteiger partial charge in [-0.1, -0.05) is 19.3 Å². The molecule has 21 heavy (non-hydrogen) atoms. The zero-order chi connectivity index (χ0) is 15.3. The summed E-state index contributed by atoms with van der Waals surface area (Å²) >= 11 is 0. The Labute approximate surface area is 122 Å². The van der Waals surface area contributed by atoms with Crippen LogP contribution in [0, 0.1) is 10.1 Å². The highest BCUT2D eigenvalue weighted by Crippen LogP contribution is 2.30. The summed E-state index contributed by atoms with van der Waals surface area (Å²) in [6, 6.07) is 0. The molecule has 0 aromatic carbocycles. The van der Waals surface area contributed by atoms with Crippen molar-refractivity contribution in [3.8, 4) is 0 Å². The molecule has 1 aliphatic rings. The van der Waals surface area contributed by atoms with E-state index in [1.54, 1.807) is 0 Å². The first-order valence-electron chi connectivity index (χ1n) is 7.14. The minimum absolute atomic E-state index is 0.0714. The van der Waals surface area contributed by atoms with Crippen LogP contribution >= 0.6 is 0 Å². The van der Waals surface area contributed by atoms with Crippen LogP contribution in [0.25, 0.3) is 0 Å². The number of rotatable bonds is 6. The summed E-state index contributed by atoms with van der Waals surface area (Å²) in [7, 11) is 0. The van der Waals surface area contributed by atoms with Gasteiger partial charge in [-0.3, -0.25) is 19.6 Å². The van der Waals surface area contributed by atoms with E-state index in [1.807, 2.05) is 0 Å². The predicted octanol–water partition coefficient (Wildman–Crippen LogP) is 0.993. The second-order valence-electron chi connectivity index (χ2n) is 5.53. The first-order valence-corrected chi connectivity index (χ1v) is 7.14. The fourth-order valence-electron chi connectivity index (χ4n) is 2.63. The van der Waals surface area contributed by atoms with Crippen LogP contribution in [0.2, 0.25) is 0 Å². The highest BCUT2D eigenvalue weighted by atomic mass is 16.6. The fourth-order valence-corrected chi connectivity index (χ4v) is 2.63. The Morgan fingerprint density at radius 1 is 1.48 bits per heavy atom. The first-order chi connectivity index (χ1) is 9.98. The van der Waals surface area contributed by atoms with Crippen LogP contribution in [-0.4, -0.2) is 37.9 Å². The number of aromatic nitrogens is 2. The van der Waals surface area contributed by atoms with Crippen LogP contribution in [0.1, 0.15) is 38.5 Å². The molecule has 0 unspecified atom stereocenters. The van der Waals surface area contributed by atoms with Gasteiger partial charge in [0.2, 0.25) is 5.91 Å². The topological polar surface area (TPSA) is 110 Å². The van der Waals surface area contributed by atoms with Crippen LogP contribution in [-0.2, 0) is 11.3 Å². The Morgan fingerprint density at radius 2 is 2.19 bits per heavy atom. The Balaban J connectivity index is 1.72. The average Bonchev–Trinajstić information content (AvgIpc) is 2.88. The van der Waals surface area contributed by atoms with Crippen molar-refractivity contribution in [2.24, 2.45) is 0 Å². The van der Waals surface area contributed by atoms with Crippen molar-refractivity contribution in [1.29, 1.82) is 0 Å². The van der Waals surface area contributed by atoms with Crippen LogP contribution in [0.5, 0.6) is 0 Å². The fraction of sp³-hybridized carbons (Fsp3) is 0.692. The van der Waals surface area contributed by atoms with E-state index in [0.717, 1.165) is 19.3 Å². The smallest absolute Gasteiger partial charge is 0.306 e. The highest BCUT2D eigenvalue weighted by molar-refractivity contribution is 5.76. The van der Waals surface area contributed by atoms with Crippen LogP contribution in [0.3, 0.4) is 0 Å². The van der Waals surface area contributed by atoms with Gasteiger partial charge in [0, 0.05) is 6.54 Å². The third-order valence-corrected chi connectivity index (χ3v) is 3.77. The van der Waals surface area contributed by atoms with Crippen molar-refractivity contribution >= 4 is 11.6 Å². The van der Waals surface area contributed by atoms with E-state index >= 15 is 0 Å². The summed E-state index contributed by atoms with van der Waals surface area (Å²) in [6.07, 6.45) is 6.99. The van der Waals surface area contributed by atoms with Crippen LogP contribution in [0.4, 0.5) is 5.69 Å². The maximum Gasteiger partial charge on any atom is 0.306 e. The van der Waals surface area contributed by atoms with Gasteiger partial charge >= 0.3 is 5.69 Å². The van der Waals surface area contributed by atoms with E-state index in [4.69, 9.17) is 0 Å². The molecule has 116 valence electrons. The van der Waals surface area contributed by atoms with Crippen molar-refractivity contribution in [2.45, 2.75) is 50.7 Å². The number of amides is 1. The molecule has 2 rings (SSSR count). The molecule has 8 heteroatoms. The van der Waals surface area contributed by atoms with Gasteiger partial charge in [-0.15, -0.1) is 0 Å². The summed E-state index contributed by atoms with van der Waals surface area (Å²) < 4.78 is 1.41.